The van der Waals surface area contributed by atoms with Crippen LogP contribution < -0.4 is 0 Å². The number of rotatable bonds is 14. The minimum absolute atomic E-state index is 0.0775. The highest BCUT2D eigenvalue weighted by Crippen LogP contribution is 2.39. The van der Waals surface area contributed by atoms with Crippen LogP contribution in [0.1, 0.15) is 47.1 Å². The van der Waals surface area contributed by atoms with Gasteiger partial charge in [0.25, 0.3) is 0 Å². The summed E-state index contributed by atoms with van der Waals surface area (Å²) in [6.07, 6.45) is -1.23. The van der Waals surface area contributed by atoms with Crippen LogP contribution in [0.3, 0.4) is 0 Å². The number of likely N-dealkylation sites (N-methyl/N-ethyl adjacent to an activating group) is 1. The minimum Gasteiger partial charge on any atom is -0.467 e. The molecule has 1 aliphatic rings. The average Bonchev–Trinajstić information content (AvgIpc) is 3.24. The van der Waals surface area contributed by atoms with Crippen molar-refractivity contribution >= 4 is 26.3 Å². The summed E-state index contributed by atoms with van der Waals surface area (Å²) in [4.78, 5) is 43.4. The molecule has 2 amide bonds. The maximum Gasteiger partial charge on any atom is 0.410 e. The molecule has 2 rings (SSSR count). The molecule has 0 aromatic heterocycles. The molecule has 1 aromatic carbocycles. The summed E-state index contributed by atoms with van der Waals surface area (Å²) in [5.74, 6) is -1.30. The number of esters is 1. The lowest BCUT2D eigenvalue weighted by Gasteiger charge is -2.40. The van der Waals surface area contributed by atoms with E-state index in [1.54, 1.807) is 6.92 Å². The second kappa shape index (κ2) is 15.0. The topological polar surface area (TPSA) is 104 Å². The molecule has 1 heterocycles. The van der Waals surface area contributed by atoms with Gasteiger partial charge in [-0.2, -0.15) is 0 Å². The Kier molecular flexibility index (Phi) is 12.6. The van der Waals surface area contributed by atoms with Gasteiger partial charge in [-0.3, -0.25) is 9.69 Å². The smallest absolute Gasteiger partial charge is 0.410 e. The van der Waals surface area contributed by atoms with Gasteiger partial charge in [0.05, 0.1) is 13.2 Å². The number of carbonyl (C=O) groups excluding carboxylic acids is 3. The van der Waals surface area contributed by atoms with E-state index in [9.17, 15) is 14.4 Å². The molecule has 10 nitrogen and oxygen atoms in total. The lowest BCUT2D eigenvalue weighted by atomic mass is 9.93. The zero-order chi connectivity index (χ0) is 30.1. The Bertz CT molecular complexity index is 966. The number of ether oxygens (including phenoxy) is 4. The number of hydrogen-bond donors (Lipinski definition) is 0. The molecule has 0 aliphatic carbocycles. The lowest BCUT2D eigenvalue weighted by molar-refractivity contribution is -0.182. The molecule has 0 N–H and O–H groups in total. The largest absolute Gasteiger partial charge is 0.467 e. The van der Waals surface area contributed by atoms with Gasteiger partial charge in [0.2, 0.25) is 5.91 Å². The van der Waals surface area contributed by atoms with Gasteiger partial charge in [0, 0.05) is 20.7 Å². The predicted octanol–water partition coefficient (Wildman–Crippen LogP) is 4.43. The van der Waals surface area contributed by atoms with E-state index in [4.69, 9.17) is 23.4 Å². The lowest BCUT2D eigenvalue weighted by Crippen LogP contribution is -2.59. The first-order valence-electron chi connectivity index (χ1n) is 14.1. The van der Waals surface area contributed by atoms with Crippen molar-refractivity contribution in [2.75, 3.05) is 34.6 Å². The van der Waals surface area contributed by atoms with E-state index in [1.165, 1.54) is 31.1 Å². The van der Waals surface area contributed by atoms with Crippen LogP contribution in [-0.4, -0.2) is 94.5 Å². The number of amides is 2. The third-order valence-electron chi connectivity index (χ3n) is 8.17. The van der Waals surface area contributed by atoms with Gasteiger partial charge in [-0.25, -0.2) is 9.59 Å². The molecule has 4 atom stereocenters. The molecule has 1 fully saturated rings. The standard InChI is InChI=1S/C29H48N2O8Si/c1-10-40(11-2,12-3)39-23-18-31(25(27(33)36-9)29(23,6)38-20-35-8)26(32)24(21(4)5)30(7)28(34)37-19-22-16-14-13-15-17-22/h13-17,21,23-25H,10-12,18-20H2,1-9H3/t23-,24+,25-,29-/m1/s1. The zero-order valence-electron chi connectivity index (χ0n) is 25.6. The van der Waals surface area contributed by atoms with Gasteiger partial charge in [-0.05, 0) is 36.5 Å². The second-order valence-corrected chi connectivity index (χ2v) is 15.6. The Hall–Kier alpha value is -2.47. The Morgan fingerprint density at radius 3 is 2.17 bits per heavy atom. The van der Waals surface area contributed by atoms with Crippen LogP contribution in [0.4, 0.5) is 4.79 Å². The number of hydrogen-bond acceptors (Lipinski definition) is 8. The summed E-state index contributed by atoms with van der Waals surface area (Å²) in [6.45, 7) is 11.9. The first-order chi connectivity index (χ1) is 18.9. The van der Waals surface area contributed by atoms with Crippen LogP contribution in [0.25, 0.3) is 0 Å². The molecule has 0 radical (unpaired) electrons. The first-order valence-corrected chi connectivity index (χ1v) is 16.6. The van der Waals surface area contributed by atoms with Gasteiger partial charge in [0.15, 0.2) is 14.4 Å². The summed E-state index contributed by atoms with van der Waals surface area (Å²) in [6, 6.07) is 9.99. The number of carbonyl (C=O) groups is 3. The van der Waals surface area contributed by atoms with Crippen molar-refractivity contribution in [3.63, 3.8) is 0 Å². The van der Waals surface area contributed by atoms with Crippen LogP contribution in [-0.2, 0) is 39.6 Å². The van der Waals surface area contributed by atoms with Crippen molar-refractivity contribution in [3.05, 3.63) is 35.9 Å². The Morgan fingerprint density at radius 2 is 1.68 bits per heavy atom. The van der Waals surface area contributed by atoms with E-state index in [2.05, 4.69) is 20.8 Å². The van der Waals surface area contributed by atoms with E-state index in [-0.39, 0.29) is 25.9 Å². The molecular weight excluding hydrogens is 532 g/mol. The van der Waals surface area contributed by atoms with Crippen molar-refractivity contribution in [1.29, 1.82) is 0 Å². The predicted molar refractivity (Wildman–Crippen MR) is 154 cm³/mol. The molecule has 1 aromatic rings. The van der Waals surface area contributed by atoms with Crippen LogP contribution in [0.2, 0.25) is 18.1 Å². The van der Waals surface area contributed by atoms with Crippen molar-refractivity contribution in [2.45, 2.75) is 90.1 Å². The Labute approximate surface area is 240 Å². The summed E-state index contributed by atoms with van der Waals surface area (Å²) < 4.78 is 28.9. The highest BCUT2D eigenvalue weighted by Gasteiger charge is 2.61. The highest BCUT2D eigenvalue weighted by atomic mass is 28.4. The molecule has 0 unspecified atom stereocenters. The van der Waals surface area contributed by atoms with Gasteiger partial charge in [-0.1, -0.05) is 65.0 Å². The zero-order valence-corrected chi connectivity index (χ0v) is 26.6. The molecule has 226 valence electrons. The molecular formula is C29H48N2O8Si. The molecule has 0 saturated carbocycles. The van der Waals surface area contributed by atoms with Gasteiger partial charge >= 0.3 is 12.1 Å². The van der Waals surface area contributed by atoms with Crippen LogP contribution in [0, 0.1) is 5.92 Å². The monoisotopic (exact) mass is 580 g/mol. The maximum absolute atomic E-state index is 14.3. The van der Waals surface area contributed by atoms with E-state index < -0.39 is 50.1 Å². The van der Waals surface area contributed by atoms with E-state index in [0.29, 0.717) is 0 Å². The summed E-state index contributed by atoms with van der Waals surface area (Å²) in [5, 5.41) is 0. The van der Waals surface area contributed by atoms with Crippen LogP contribution in [0.15, 0.2) is 30.3 Å². The fourth-order valence-electron chi connectivity index (χ4n) is 5.46. The summed E-state index contributed by atoms with van der Waals surface area (Å²) in [7, 11) is 2.14. The second-order valence-electron chi connectivity index (χ2n) is 10.8. The first kappa shape index (κ1) is 33.7. The van der Waals surface area contributed by atoms with Gasteiger partial charge in [0.1, 0.15) is 25.0 Å². The fraction of sp³-hybridized carbons (Fsp3) is 0.690. The number of benzene rings is 1. The third-order valence-corrected chi connectivity index (χ3v) is 12.8. The van der Waals surface area contributed by atoms with Crippen molar-refractivity contribution in [3.8, 4) is 0 Å². The Morgan fingerprint density at radius 1 is 1.07 bits per heavy atom. The molecule has 0 spiro atoms. The summed E-state index contributed by atoms with van der Waals surface area (Å²) in [5.41, 5.74) is -0.395. The third kappa shape index (κ3) is 7.42. The highest BCUT2D eigenvalue weighted by molar-refractivity contribution is 6.73. The Balaban J connectivity index is 2.44. The molecule has 0 bridgehead atoms. The van der Waals surface area contributed by atoms with Crippen molar-refractivity contribution in [2.24, 2.45) is 5.92 Å². The molecule has 1 aliphatic heterocycles. The van der Waals surface area contributed by atoms with Gasteiger partial charge < -0.3 is 28.3 Å². The fourth-order valence-corrected chi connectivity index (χ4v) is 8.37. The van der Waals surface area contributed by atoms with E-state index >= 15 is 0 Å². The number of nitrogens with zero attached hydrogens (tertiary/aromatic N) is 2. The van der Waals surface area contributed by atoms with Crippen LogP contribution in [0.5, 0.6) is 0 Å². The molecule has 1 saturated heterocycles. The minimum atomic E-state index is -2.18. The SMILES string of the molecule is CC[Si](CC)(CC)O[C@@H]1CN(C(=O)[C@H](C(C)C)N(C)C(=O)OCc2ccccc2)[C@H](C(=O)OC)[C@]1(C)OCOC. The maximum atomic E-state index is 14.3. The molecule has 11 heteroatoms. The number of methoxy groups -OCH3 is 2. The quantitative estimate of drug-likeness (QED) is 0.181. The van der Waals surface area contributed by atoms with Crippen molar-refractivity contribution in [1.82, 2.24) is 9.80 Å². The van der Waals surface area contributed by atoms with Crippen molar-refractivity contribution < 1.29 is 37.8 Å². The van der Waals surface area contributed by atoms with E-state index in [1.807, 2.05) is 44.2 Å². The summed E-state index contributed by atoms with van der Waals surface area (Å²) >= 11 is 0. The average molecular weight is 581 g/mol. The van der Waals surface area contributed by atoms with Crippen LogP contribution >= 0.6 is 0 Å². The van der Waals surface area contributed by atoms with Gasteiger partial charge in [-0.15, -0.1) is 0 Å². The normalized spacial score (nSPS) is 21.8. The van der Waals surface area contributed by atoms with E-state index in [0.717, 1.165) is 23.7 Å². The molecule has 40 heavy (non-hydrogen) atoms. The number of likely N-dealkylation sites (tertiary alicyclic amines) is 1.